The van der Waals surface area contributed by atoms with E-state index in [2.05, 4.69) is 33.8 Å². The fourth-order valence-corrected chi connectivity index (χ4v) is 5.11. The third-order valence-corrected chi connectivity index (χ3v) is 6.51. The summed E-state index contributed by atoms with van der Waals surface area (Å²) in [6.07, 6.45) is 5.58. The van der Waals surface area contributed by atoms with Crippen molar-refractivity contribution in [3.8, 4) is 5.75 Å². The Bertz CT molecular complexity index is 829. The van der Waals surface area contributed by atoms with Crippen molar-refractivity contribution in [2.45, 2.75) is 45.4 Å². The molecule has 4 rings (SSSR count). The van der Waals surface area contributed by atoms with Crippen LogP contribution in [0.25, 0.3) is 0 Å². The largest absolute Gasteiger partial charge is 0.431 e. The highest BCUT2D eigenvalue weighted by atomic mass is 19.3. The number of fused-ring (bicyclic) bond motifs is 1. The number of nitrogens with one attached hydrogen (secondary N) is 2. The minimum Gasteiger partial charge on any atom is -0.431 e. The Hall–Kier alpha value is -2.26. The van der Waals surface area contributed by atoms with Crippen molar-refractivity contribution in [1.29, 1.82) is 5.41 Å². The highest BCUT2D eigenvalue weighted by Crippen LogP contribution is 2.61. The van der Waals surface area contributed by atoms with Crippen molar-refractivity contribution in [2.24, 2.45) is 17.8 Å². The number of nitrogens with two attached hydrogens (primary N) is 1. The van der Waals surface area contributed by atoms with E-state index in [9.17, 15) is 8.78 Å². The van der Waals surface area contributed by atoms with E-state index in [1.165, 1.54) is 25.1 Å². The van der Waals surface area contributed by atoms with E-state index in [0.717, 1.165) is 32.0 Å². The minimum absolute atomic E-state index is 0.118. The molecule has 1 aliphatic heterocycles. The van der Waals surface area contributed by atoms with Crippen LogP contribution >= 0.6 is 0 Å². The summed E-state index contributed by atoms with van der Waals surface area (Å²) in [6.45, 7) is 4.82. The first-order chi connectivity index (χ1) is 14.8. The molecule has 170 valence electrons. The standard InChI is InChI=1S/C22H31F2N5O2/c1-12(2)28-18(10-17(25)13-7-19(31-22(23)24)21(26)27-11-13)20-15-8-14(9-16(15)20)29-3-5-30-6-4-29/h7,10-12,14-16,20,22,25,28H,3-6,8-9H2,1-2H3,(H2,26,27)/b18-10-,25-17?/t14?,15-,16+,20+. The molecule has 9 heteroatoms. The number of hydrogen-bond donors (Lipinski definition) is 3. The van der Waals surface area contributed by atoms with Crippen LogP contribution in [0.2, 0.25) is 0 Å². The second kappa shape index (κ2) is 9.08. The Morgan fingerprint density at radius 3 is 2.61 bits per heavy atom. The fourth-order valence-electron chi connectivity index (χ4n) is 5.11. The molecule has 3 aliphatic rings. The SMILES string of the molecule is CC(C)N/C(=C\C(=N)c1cnc(N)c(OC(F)F)c1)[C@H]1[C@@H]2CC(N3CCOCC3)C[C@@H]21. The predicted octanol–water partition coefficient (Wildman–Crippen LogP) is 2.87. The lowest BCUT2D eigenvalue weighted by atomic mass is 10.0. The van der Waals surface area contributed by atoms with E-state index in [-0.39, 0.29) is 23.3 Å². The van der Waals surface area contributed by atoms with Crippen molar-refractivity contribution in [3.63, 3.8) is 0 Å². The van der Waals surface area contributed by atoms with Gasteiger partial charge in [0.1, 0.15) is 0 Å². The number of hydrogen-bond acceptors (Lipinski definition) is 7. The number of aromatic nitrogens is 1. The second-order valence-electron chi connectivity index (χ2n) is 8.93. The van der Waals surface area contributed by atoms with Crippen molar-refractivity contribution in [1.82, 2.24) is 15.2 Å². The van der Waals surface area contributed by atoms with E-state index >= 15 is 0 Å². The highest BCUT2D eigenvalue weighted by molar-refractivity contribution is 6.07. The quantitative estimate of drug-likeness (QED) is 0.544. The zero-order valence-electron chi connectivity index (χ0n) is 18.0. The van der Waals surface area contributed by atoms with E-state index in [1.807, 2.05) is 6.08 Å². The number of morpholine rings is 1. The molecular weight excluding hydrogens is 404 g/mol. The van der Waals surface area contributed by atoms with Gasteiger partial charge in [-0.05, 0) is 50.7 Å². The van der Waals surface area contributed by atoms with E-state index in [1.54, 1.807) is 0 Å². The lowest BCUT2D eigenvalue weighted by Crippen LogP contribution is -2.43. The molecule has 31 heavy (non-hydrogen) atoms. The first-order valence-electron chi connectivity index (χ1n) is 10.9. The van der Waals surface area contributed by atoms with E-state index < -0.39 is 6.61 Å². The van der Waals surface area contributed by atoms with Crippen LogP contribution < -0.4 is 15.8 Å². The van der Waals surface area contributed by atoms with Gasteiger partial charge in [0.15, 0.2) is 11.6 Å². The molecule has 0 amide bonds. The molecule has 2 saturated carbocycles. The number of halogens is 2. The molecular formula is C22H31F2N5O2. The summed E-state index contributed by atoms with van der Waals surface area (Å²) in [5, 5.41) is 12.0. The van der Waals surface area contributed by atoms with Crippen molar-refractivity contribution >= 4 is 11.5 Å². The first-order valence-corrected chi connectivity index (χ1v) is 10.9. The molecule has 0 radical (unpaired) electrons. The first kappa shape index (κ1) is 22.0. The molecule has 2 aliphatic carbocycles. The topological polar surface area (TPSA) is 96.5 Å². The Morgan fingerprint density at radius 1 is 1.32 bits per heavy atom. The number of allylic oxidation sites excluding steroid dienone is 2. The third kappa shape index (κ3) is 4.98. The van der Waals surface area contributed by atoms with Gasteiger partial charge in [0, 0.05) is 48.5 Å². The number of rotatable bonds is 8. The summed E-state index contributed by atoms with van der Waals surface area (Å²) in [5.41, 5.74) is 7.26. The number of pyridine rings is 1. The molecule has 7 nitrogen and oxygen atoms in total. The van der Waals surface area contributed by atoms with Crippen LogP contribution in [-0.4, -0.2) is 60.6 Å². The van der Waals surface area contributed by atoms with Gasteiger partial charge in [0.25, 0.3) is 0 Å². The van der Waals surface area contributed by atoms with Gasteiger partial charge in [-0.1, -0.05) is 0 Å². The maximum Gasteiger partial charge on any atom is 0.387 e. The molecule has 1 unspecified atom stereocenters. The summed E-state index contributed by atoms with van der Waals surface area (Å²) in [7, 11) is 0. The summed E-state index contributed by atoms with van der Waals surface area (Å²) in [5.74, 6) is 1.34. The smallest absolute Gasteiger partial charge is 0.387 e. The average Bonchev–Trinajstić information content (AvgIpc) is 3.22. The van der Waals surface area contributed by atoms with Crippen LogP contribution in [0.5, 0.6) is 5.75 Å². The van der Waals surface area contributed by atoms with Crippen LogP contribution in [0.15, 0.2) is 24.0 Å². The van der Waals surface area contributed by atoms with E-state index in [0.29, 0.717) is 29.4 Å². The Morgan fingerprint density at radius 2 is 2.00 bits per heavy atom. The minimum atomic E-state index is -2.99. The molecule has 3 fully saturated rings. The molecule has 2 heterocycles. The second-order valence-corrected chi connectivity index (χ2v) is 8.93. The summed E-state index contributed by atoms with van der Waals surface area (Å²) < 4.78 is 35.1. The number of nitrogen functional groups attached to an aromatic ring is 1. The maximum atomic E-state index is 12.6. The van der Waals surface area contributed by atoms with Crippen molar-refractivity contribution in [2.75, 3.05) is 32.0 Å². The monoisotopic (exact) mass is 435 g/mol. The third-order valence-electron chi connectivity index (χ3n) is 6.51. The molecule has 4 N–H and O–H groups in total. The molecule has 1 aromatic heterocycles. The number of ether oxygens (including phenoxy) is 2. The summed E-state index contributed by atoms with van der Waals surface area (Å²) >= 11 is 0. The van der Waals surface area contributed by atoms with E-state index in [4.69, 9.17) is 15.9 Å². The normalized spacial score (nSPS) is 28.6. The average molecular weight is 436 g/mol. The molecule has 1 saturated heterocycles. The molecule has 1 aromatic rings. The number of alkyl halides is 2. The zero-order chi connectivity index (χ0) is 22.1. The Labute approximate surface area is 181 Å². The molecule has 0 bridgehead atoms. The van der Waals surface area contributed by atoms with Gasteiger partial charge in [0.05, 0.1) is 18.9 Å². The van der Waals surface area contributed by atoms with Crippen molar-refractivity contribution in [3.05, 3.63) is 29.6 Å². The van der Waals surface area contributed by atoms with Crippen LogP contribution in [0, 0.1) is 23.2 Å². The lowest BCUT2D eigenvalue weighted by Gasteiger charge is -2.33. The van der Waals surface area contributed by atoms with Gasteiger partial charge in [0.2, 0.25) is 0 Å². The zero-order valence-corrected chi connectivity index (χ0v) is 18.0. The Kier molecular flexibility index (Phi) is 6.43. The lowest BCUT2D eigenvalue weighted by molar-refractivity contribution is -0.0495. The molecule has 0 aromatic carbocycles. The van der Waals surface area contributed by atoms with Crippen LogP contribution in [-0.2, 0) is 4.74 Å². The summed E-state index contributed by atoms with van der Waals surface area (Å²) in [6, 6.07) is 2.21. The van der Waals surface area contributed by atoms with Crippen LogP contribution in [0.1, 0.15) is 32.3 Å². The Balaban J connectivity index is 1.46. The van der Waals surface area contributed by atoms with Gasteiger partial charge in [-0.2, -0.15) is 8.78 Å². The van der Waals surface area contributed by atoms with Crippen molar-refractivity contribution < 1.29 is 18.3 Å². The van der Waals surface area contributed by atoms with Gasteiger partial charge >= 0.3 is 6.61 Å². The van der Waals surface area contributed by atoms with Gasteiger partial charge in [-0.15, -0.1) is 0 Å². The maximum absolute atomic E-state index is 12.6. The highest BCUT2D eigenvalue weighted by Gasteiger charge is 2.58. The van der Waals surface area contributed by atoms with Gasteiger partial charge in [-0.25, -0.2) is 4.98 Å². The molecule has 0 spiro atoms. The predicted molar refractivity (Wildman–Crippen MR) is 114 cm³/mol. The van der Waals surface area contributed by atoms with Gasteiger partial charge < -0.3 is 25.9 Å². The summed E-state index contributed by atoms with van der Waals surface area (Å²) in [4.78, 5) is 6.47. The molecule has 4 atom stereocenters. The van der Waals surface area contributed by atoms with Crippen LogP contribution in [0.4, 0.5) is 14.6 Å². The van der Waals surface area contributed by atoms with Gasteiger partial charge in [-0.3, -0.25) is 4.90 Å². The fraction of sp³-hybridized carbons (Fsp3) is 0.636. The van der Waals surface area contributed by atoms with Crippen LogP contribution in [0.3, 0.4) is 0 Å². The number of anilines is 1. The number of nitrogens with zero attached hydrogens (tertiary/aromatic N) is 2.